The first-order chi connectivity index (χ1) is 12.0. The smallest absolute Gasteiger partial charge is 0.322 e. The van der Waals surface area contributed by atoms with Gasteiger partial charge in [0.25, 0.3) is 5.91 Å². The van der Waals surface area contributed by atoms with Crippen LogP contribution in [-0.4, -0.2) is 38.8 Å². The second kappa shape index (κ2) is 6.33. The average Bonchev–Trinajstić information content (AvgIpc) is 3.06. The SMILES string of the molecule is C#Cc1nc(C(=O)NCC(=O)O)c(O)c2onc(-c3ccccc3)c12. The summed E-state index contributed by atoms with van der Waals surface area (Å²) < 4.78 is 5.16. The highest BCUT2D eigenvalue weighted by atomic mass is 16.5. The zero-order valence-corrected chi connectivity index (χ0v) is 12.7. The number of nitrogens with zero attached hydrogens (tertiary/aromatic N) is 2. The van der Waals surface area contributed by atoms with Gasteiger partial charge >= 0.3 is 5.97 Å². The summed E-state index contributed by atoms with van der Waals surface area (Å²) in [5.41, 5.74) is 0.596. The number of benzene rings is 1. The standard InChI is InChI=1S/C17H11N3O5/c1-2-10-12-13(9-6-4-3-5-7-9)20-25-16(12)15(23)14(19-10)17(24)18-8-11(21)22/h1,3-7,23H,8H2,(H,18,24)(H,21,22). The summed E-state index contributed by atoms with van der Waals surface area (Å²) in [6, 6.07) is 8.98. The van der Waals surface area contributed by atoms with Crippen molar-refractivity contribution in [3.05, 3.63) is 41.7 Å². The molecular weight excluding hydrogens is 326 g/mol. The number of rotatable bonds is 4. The molecule has 0 saturated carbocycles. The van der Waals surface area contributed by atoms with Crippen LogP contribution in [0.25, 0.3) is 22.2 Å². The highest BCUT2D eigenvalue weighted by Gasteiger charge is 2.25. The second-order valence-corrected chi connectivity index (χ2v) is 4.98. The molecule has 3 rings (SSSR count). The maximum atomic E-state index is 12.0. The Kier molecular flexibility index (Phi) is 4.05. The lowest BCUT2D eigenvalue weighted by Crippen LogP contribution is -2.30. The van der Waals surface area contributed by atoms with Crippen LogP contribution in [0, 0.1) is 12.3 Å². The molecule has 2 aromatic heterocycles. The number of aliphatic carboxylic acids is 1. The molecule has 1 amide bonds. The lowest BCUT2D eigenvalue weighted by molar-refractivity contribution is -0.135. The molecule has 0 aliphatic rings. The van der Waals surface area contributed by atoms with Crippen molar-refractivity contribution in [2.75, 3.05) is 6.54 Å². The Hall–Kier alpha value is -3.86. The van der Waals surface area contributed by atoms with Crippen LogP contribution in [-0.2, 0) is 4.79 Å². The van der Waals surface area contributed by atoms with Crippen LogP contribution in [0.4, 0.5) is 0 Å². The largest absolute Gasteiger partial charge is 0.503 e. The van der Waals surface area contributed by atoms with Gasteiger partial charge in [0.1, 0.15) is 17.9 Å². The third-order valence-electron chi connectivity index (χ3n) is 3.39. The van der Waals surface area contributed by atoms with Gasteiger partial charge in [0.05, 0.1) is 5.39 Å². The van der Waals surface area contributed by atoms with Crippen molar-refractivity contribution in [2.45, 2.75) is 0 Å². The molecule has 3 N–H and O–H groups in total. The van der Waals surface area contributed by atoms with Crippen LogP contribution < -0.4 is 5.32 Å². The number of aromatic nitrogens is 2. The fourth-order valence-corrected chi connectivity index (χ4v) is 2.30. The van der Waals surface area contributed by atoms with Crippen LogP contribution >= 0.6 is 0 Å². The summed E-state index contributed by atoms with van der Waals surface area (Å²) in [4.78, 5) is 26.6. The van der Waals surface area contributed by atoms with E-state index in [9.17, 15) is 14.7 Å². The van der Waals surface area contributed by atoms with Crippen molar-refractivity contribution in [1.29, 1.82) is 0 Å². The number of fused-ring (bicyclic) bond motifs is 1. The number of pyridine rings is 1. The van der Waals surface area contributed by atoms with Gasteiger partial charge in [0.15, 0.2) is 11.4 Å². The number of aromatic hydroxyl groups is 1. The van der Waals surface area contributed by atoms with Gasteiger partial charge in [-0.1, -0.05) is 35.5 Å². The summed E-state index contributed by atoms with van der Waals surface area (Å²) in [5.74, 6) is -0.360. The van der Waals surface area contributed by atoms with Crippen molar-refractivity contribution in [1.82, 2.24) is 15.5 Å². The van der Waals surface area contributed by atoms with E-state index in [0.717, 1.165) is 0 Å². The quantitative estimate of drug-likeness (QED) is 0.614. The van der Waals surface area contributed by atoms with Gasteiger partial charge in [-0.25, -0.2) is 4.98 Å². The van der Waals surface area contributed by atoms with Gasteiger partial charge in [0, 0.05) is 5.56 Å². The molecule has 1 aromatic carbocycles. The molecule has 2 heterocycles. The number of hydrogen-bond donors (Lipinski definition) is 3. The van der Waals surface area contributed by atoms with Crippen LogP contribution in [0.3, 0.4) is 0 Å². The van der Waals surface area contributed by atoms with E-state index < -0.39 is 29.9 Å². The van der Waals surface area contributed by atoms with Crippen LogP contribution in [0.1, 0.15) is 16.2 Å². The molecule has 0 radical (unpaired) electrons. The Morgan fingerprint density at radius 3 is 2.64 bits per heavy atom. The van der Waals surface area contributed by atoms with Crippen LogP contribution in [0.2, 0.25) is 0 Å². The molecule has 25 heavy (non-hydrogen) atoms. The van der Waals surface area contributed by atoms with Crippen LogP contribution in [0.15, 0.2) is 34.9 Å². The molecule has 8 heteroatoms. The fourth-order valence-electron chi connectivity index (χ4n) is 2.30. The summed E-state index contributed by atoms with van der Waals surface area (Å²) in [7, 11) is 0. The van der Waals surface area contributed by atoms with E-state index in [2.05, 4.69) is 21.4 Å². The van der Waals surface area contributed by atoms with E-state index in [-0.39, 0.29) is 11.3 Å². The molecule has 0 bridgehead atoms. The first kappa shape index (κ1) is 16.0. The zero-order valence-electron chi connectivity index (χ0n) is 12.7. The Morgan fingerprint density at radius 2 is 2.00 bits per heavy atom. The number of hydrogen-bond acceptors (Lipinski definition) is 6. The van der Waals surface area contributed by atoms with Crippen molar-refractivity contribution < 1.29 is 24.3 Å². The highest BCUT2D eigenvalue weighted by Crippen LogP contribution is 2.36. The van der Waals surface area contributed by atoms with Gasteiger partial charge in [-0.15, -0.1) is 6.42 Å². The molecule has 0 aliphatic carbocycles. The number of carboxylic acids is 1. The predicted octanol–water partition coefficient (Wildman–Crippen LogP) is 1.39. The molecule has 0 spiro atoms. The second-order valence-electron chi connectivity index (χ2n) is 4.98. The van der Waals surface area contributed by atoms with Crippen molar-refractivity contribution in [3.63, 3.8) is 0 Å². The third-order valence-corrected chi connectivity index (χ3v) is 3.39. The monoisotopic (exact) mass is 337 g/mol. The summed E-state index contributed by atoms with van der Waals surface area (Å²) in [6.07, 6.45) is 5.47. The van der Waals surface area contributed by atoms with E-state index in [1.807, 2.05) is 6.07 Å². The first-order valence-electron chi connectivity index (χ1n) is 7.07. The number of nitrogens with one attached hydrogen (secondary N) is 1. The number of carbonyl (C=O) groups is 2. The van der Waals surface area contributed by atoms with Crippen LogP contribution in [0.5, 0.6) is 5.75 Å². The predicted molar refractivity (Wildman–Crippen MR) is 86.8 cm³/mol. The highest BCUT2D eigenvalue weighted by molar-refractivity contribution is 6.05. The number of carboxylic acid groups (broad SMARTS) is 1. The maximum Gasteiger partial charge on any atom is 0.322 e. The van der Waals surface area contributed by atoms with E-state index >= 15 is 0 Å². The van der Waals surface area contributed by atoms with E-state index in [1.165, 1.54) is 0 Å². The van der Waals surface area contributed by atoms with E-state index in [1.54, 1.807) is 24.3 Å². The summed E-state index contributed by atoms with van der Waals surface area (Å²) in [6.45, 7) is -0.630. The average molecular weight is 337 g/mol. The molecule has 0 atom stereocenters. The Labute approximate surface area is 141 Å². The molecule has 0 saturated heterocycles. The van der Waals surface area contributed by atoms with E-state index in [4.69, 9.17) is 16.1 Å². The van der Waals surface area contributed by atoms with E-state index in [0.29, 0.717) is 16.6 Å². The van der Waals surface area contributed by atoms with Gasteiger partial charge in [0.2, 0.25) is 5.58 Å². The Balaban J connectivity index is 2.16. The maximum absolute atomic E-state index is 12.0. The normalized spacial score (nSPS) is 10.4. The zero-order chi connectivity index (χ0) is 18.0. The van der Waals surface area contributed by atoms with Gasteiger partial charge in [-0.2, -0.15) is 0 Å². The third kappa shape index (κ3) is 2.86. The summed E-state index contributed by atoms with van der Waals surface area (Å²) in [5, 5.41) is 25.2. The lowest BCUT2D eigenvalue weighted by atomic mass is 10.1. The Bertz CT molecular complexity index is 1020. The number of carbonyl (C=O) groups excluding carboxylic acids is 1. The number of amides is 1. The molecule has 0 aliphatic heterocycles. The van der Waals surface area contributed by atoms with Gasteiger partial charge in [-0.3, -0.25) is 9.59 Å². The molecule has 3 aromatic rings. The molecule has 0 unspecified atom stereocenters. The minimum Gasteiger partial charge on any atom is -0.503 e. The fraction of sp³-hybridized carbons (Fsp3) is 0.0588. The Morgan fingerprint density at radius 1 is 1.28 bits per heavy atom. The molecular formula is C17H11N3O5. The van der Waals surface area contributed by atoms with Crippen molar-refractivity contribution in [3.8, 4) is 29.4 Å². The topological polar surface area (TPSA) is 126 Å². The summed E-state index contributed by atoms with van der Waals surface area (Å²) >= 11 is 0. The lowest BCUT2D eigenvalue weighted by Gasteiger charge is -2.06. The van der Waals surface area contributed by atoms with Crippen molar-refractivity contribution in [2.24, 2.45) is 0 Å². The van der Waals surface area contributed by atoms with Gasteiger partial charge < -0.3 is 20.1 Å². The minimum atomic E-state index is -1.24. The molecule has 124 valence electrons. The number of terminal acetylenes is 1. The molecule has 0 fully saturated rings. The van der Waals surface area contributed by atoms with Gasteiger partial charge in [-0.05, 0) is 5.92 Å². The van der Waals surface area contributed by atoms with Crippen molar-refractivity contribution >= 4 is 22.8 Å². The minimum absolute atomic E-state index is 0.0494. The first-order valence-corrected chi connectivity index (χ1v) is 7.07. The molecule has 8 nitrogen and oxygen atoms in total.